The lowest BCUT2D eigenvalue weighted by Crippen LogP contribution is -2.13. The summed E-state index contributed by atoms with van der Waals surface area (Å²) in [5, 5.41) is 2.28. The number of benzene rings is 1. The highest BCUT2D eigenvalue weighted by Gasteiger charge is 2.11. The van der Waals surface area contributed by atoms with Crippen molar-refractivity contribution in [3.05, 3.63) is 48.4 Å². The molecule has 3 aromatic rings. The summed E-state index contributed by atoms with van der Waals surface area (Å²) in [6, 6.07) is 9.24. The smallest absolute Gasteiger partial charge is 0.250 e. The second kappa shape index (κ2) is 5.37. The molecule has 1 amide bonds. The first-order chi connectivity index (χ1) is 10.1. The summed E-state index contributed by atoms with van der Waals surface area (Å²) < 4.78 is 0. The number of carbonyl (C=O) groups excluding carboxylic acids is 1. The standard InChI is InChI=1S/C14H11N5OS/c15-10-6-17-12(5-9(10)13(16)20)21-14-8-3-1-2-4-11(8)18-7-19-14/h1-7H,15H2,(H2,16,20). The van der Waals surface area contributed by atoms with Gasteiger partial charge in [-0.05, 0) is 23.9 Å². The molecule has 0 atom stereocenters. The fourth-order valence-corrected chi connectivity index (χ4v) is 2.74. The van der Waals surface area contributed by atoms with Crippen molar-refractivity contribution in [2.45, 2.75) is 10.1 Å². The summed E-state index contributed by atoms with van der Waals surface area (Å²) in [7, 11) is 0. The third-order valence-corrected chi connectivity index (χ3v) is 3.83. The number of rotatable bonds is 3. The van der Waals surface area contributed by atoms with Crippen LogP contribution < -0.4 is 11.5 Å². The first kappa shape index (κ1) is 13.3. The summed E-state index contributed by atoms with van der Waals surface area (Å²) in [6.45, 7) is 0. The highest BCUT2D eigenvalue weighted by Crippen LogP contribution is 2.30. The van der Waals surface area contributed by atoms with Crippen molar-refractivity contribution in [1.82, 2.24) is 15.0 Å². The minimum Gasteiger partial charge on any atom is -0.397 e. The Balaban J connectivity index is 2.03. The van der Waals surface area contributed by atoms with Gasteiger partial charge in [0.2, 0.25) is 0 Å². The number of nitrogens with zero attached hydrogens (tertiary/aromatic N) is 3. The molecule has 0 aliphatic rings. The fraction of sp³-hybridized carbons (Fsp3) is 0. The lowest BCUT2D eigenvalue weighted by Gasteiger charge is -2.06. The largest absolute Gasteiger partial charge is 0.397 e. The van der Waals surface area contributed by atoms with E-state index in [0.717, 1.165) is 15.9 Å². The van der Waals surface area contributed by atoms with Crippen molar-refractivity contribution in [3.8, 4) is 0 Å². The number of hydrogen-bond acceptors (Lipinski definition) is 6. The maximum Gasteiger partial charge on any atom is 0.250 e. The molecular formula is C14H11N5OS. The number of pyridine rings is 1. The van der Waals surface area contributed by atoms with E-state index in [0.29, 0.717) is 5.03 Å². The van der Waals surface area contributed by atoms with Gasteiger partial charge in [0.25, 0.3) is 5.91 Å². The zero-order valence-corrected chi connectivity index (χ0v) is 11.7. The molecule has 7 heteroatoms. The number of fused-ring (bicyclic) bond motifs is 1. The zero-order chi connectivity index (χ0) is 14.8. The Kier molecular flexibility index (Phi) is 3.41. The molecule has 2 aromatic heterocycles. The molecule has 0 spiro atoms. The average Bonchev–Trinajstić information content (AvgIpc) is 2.49. The van der Waals surface area contributed by atoms with E-state index in [9.17, 15) is 4.79 Å². The Labute approximate surface area is 124 Å². The van der Waals surface area contributed by atoms with E-state index in [1.165, 1.54) is 24.3 Å². The normalized spacial score (nSPS) is 10.7. The van der Waals surface area contributed by atoms with Crippen LogP contribution in [0.3, 0.4) is 0 Å². The van der Waals surface area contributed by atoms with Gasteiger partial charge in [0.1, 0.15) is 16.4 Å². The topological polar surface area (TPSA) is 108 Å². The van der Waals surface area contributed by atoms with E-state index < -0.39 is 5.91 Å². The van der Waals surface area contributed by atoms with Gasteiger partial charge < -0.3 is 11.5 Å². The molecule has 0 radical (unpaired) electrons. The predicted molar refractivity (Wildman–Crippen MR) is 80.8 cm³/mol. The van der Waals surface area contributed by atoms with Gasteiger partial charge in [0.05, 0.1) is 23.0 Å². The van der Waals surface area contributed by atoms with Crippen LogP contribution in [0.15, 0.2) is 52.9 Å². The number of para-hydroxylation sites is 1. The average molecular weight is 297 g/mol. The number of aromatic nitrogens is 3. The molecule has 0 bridgehead atoms. The van der Waals surface area contributed by atoms with E-state index >= 15 is 0 Å². The van der Waals surface area contributed by atoms with E-state index in [-0.39, 0.29) is 11.3 Å². The molecule has 2 heterocycles. The number of primary amides is 1. The minimum absolute atomic E-state index is 0.255. The lowest BCUT2D eigenvalue weighted by atomic mass is 10.2. The summed E-state index contributed by atoms with van der Waals surface area (Å²) in [5.74, 6) is -0.579. The van der Waals surface area contributed by atoms with Crippen LogP contribution in [0.25, 0.3) is 10.9 Å². The van der Waals surface area contributed by atoms with E-state index in [4.69, 9.17) is 11.5 Å². The van der Waals surface area contributed by atoms with Crippen LogP contribution >= 0.6 is 11.8 Å². The van der Waals surface area contributed by atoms with Crippen molar-refractivity contribution >= 4 is 34.3 Å². The maximum atomic E-state index is 11.3. The van der Waals surface area contributed by atoms with Gasteiger partial charge in [0.15, 0.2) is 0 Å². The van der Waals surface area contributed by atoms with Crippen molar-refractivity contribution in [2.24, 2.45) is 5.73 Å². The zero-order valence-electron chi connectivity index (χ0n) is 10.9. The van der Waals surface area contributed by atoms with Crippen LogP contribution in [-0.2, 0) is 0 Å². The molecule has 0 unspecified atom stereocenters. The van der Waals surface area contributed by atoms with Crippen LogP contribution in [0.1, 0.15) is 10.4 Å². The van der Waals surface area contributed by atoms with Gasteiger partial charge >= 0.3 is 0 Å². The summed E-state index contributed by atoms with van der Waals surface area (Å²) >= 11 is 1.33. The number of hydrogen-bond donors (Lipinski definition) is 2. The molecule has 0 fully saturated rings. The maximum absolute atomic E-state index is 11.3. The molecule has 0 saturated heterocycles. The van der Waals surface area contributed by atoms with Gasteiger partial charge in [0, 0.05) is 5.39 Å². The molecule has 0 aliphatic heterocycles. The molecule has 0 aliphatic carbocycles. The van der Waals surface area contributed by atoms with Crippen molar-refractivity contribution < 1.29 is 4.79 Å². The van der Waals surface area contributed by atoms with Crippen LogP contribution in [-0.4, -0.2) is 20.9 Å². The van der Waals surface area contributed by atoms with E-state index in [1.54, 1.807) is 6.07 Å². The first-order valence-electron chi connectivity index (χ1n) is 6.08. The lowest BCUT2D eigenvalue weighted by molar-refractivity contribution is 0.100. The molecule has 21 heavy (non-hydrogen) atoms. The Morgan fingerprint density at radius 3 is 2.76 bits per heavy atom. The Morgan fingerprint density at radius 2 is 1.95 bits per heavy atom. The van der Waals surface area contributed by atoms with Crippen LogP contribution in [0.5, 0.6) is 0 Å². The predicted octanol–water partition coefficient (Wildman–Crippen LogP) is 1.86. The molecule has 1 aromatic carbocycles. The molecule has 104 valence electrons. The fourth-order valence-electron chi connectivity index (χ4n) is 1.88. The molecule has 4 N–H and O–H groups in total. The Morgan fingerprint density at radius 1 is 1.14 bits per heavy atom. The molecule has 3 rings (SSSR count). The summed E-state index contributed by atoms with van der Waals surface area (Å²) in [6.07, 6.45) is 2.92. The van der Waals surface area contributed by atoms with Gasteiger partial charge in [-0.1, -0.05) is 18.2 Å². The third kappa shape index (κ3) is 2.63. The van der Waals surface area contributed by atoms with Gasteiger partial charge in [-0.3, -0.25) is 4.79 Å². The summed E-state index contributed by atoms with van der Waals surface area (Å²) in [5.41, 5.74) is 12.3. The van der Waals surface area contributed by atoms with E-state index in [1.807, 2.05) is 24.3 Å². The number of nitrogens with two attached hydrogens (primary N) is 2. The van der Waals surface area contributed by atoms with Crippen LogP contribution in [0.4, 0.5) is 5.69 Å². The van der Waals surface area contributed by atoms with Crippen molar-refractivity contribution in [1.29, 1.82) is 0 Å². The third-order valence-electron chi connectivity index (χ3n) is 2.88. The Hall–Kier alpha value is -2.67. The van der Waals surface area contributed by atoms with Gasteiger partial charge in [-0.2, -0.15) is 0 Å². The first-order valence-corrected chi connectivity index (χ1v) is 6.90. The van der Waals surface area contributed by atoms with Crippen LogP contribution in [0.2, 0.25) is 0 Å². The second-order valence-electron chi connectivity index (χ2n) is 4.27. The van der Waals surface area contributed by atoms with Crippen LogP contribution in [0, 0.1) is 0 Å². The Bertz CT molecular complexity index is 831. The molecule has 6 nitrogen and oxygen atoms in total. The van der Waals surface area contributed by atoms with Gasteiger partial charge in [-0.25, -0.2) is 15.0 Å². The van der Waals surface area contributed by atoms with Crippen molar-refractivity contribution in [2.75, 3.05) is 5.73 Å². The summed E-state index contributed by atoms with van der Waals surface area (Å²) in [4.78, 5) is 24.0. The monoisotopic (exact) mass is 297 g/mol. The highest BCUT2D eigenvalue weighted by atomic mass is 32.2. The number of carbonyl (C=O) groups is 1. The van der Waals surface area contributed by atoms with E-state index in [2.05, 4.69) is 15.0 Å². The molecule has 0 saturated carbocycles. The second-order valence-corrected chi connectivity index (χ2v) is 5.28. The van der Waals surface area contributed by atoms with Gasteiger partial charge in [-0.15, -0.1) is 0 Å². The SMILES string of the molecule is NC(=O)c1cc(Sc2ncnc3ccccc23)ncc1N. The molecular weight excluding hydrogens is 286 g/mol. The van der Waals surface area contributed by atoms with Crippen molar-refractivity contribution in [3.63, 3.8) is 0 Å². The minimum atomic E-state index is -0.579. The number of anilines is 1. The number of nitrogen functional groups attached to an aromatic ring is 1. The number of amides is 1. The quantitative estimate of drug-likeness (QED) is 0.714. The highest BCUT2D eigenvalue weighted by molar-refractivity contribution is 7.99.